The van der Waals surface area contributed by atoms with Crippen molar-refractivity contribution in [2.75, 3.05) is 13.1 Å². The van der Waals surface area contributed by atoms with Gasteiger partial charge in [-0.15, -0.1) is 0 Å². The number of nitrogens with zero attached hydrogens (tertiary/aromatic N) is 2. The van der Waals surface area contributed by atoms with E-state index in [1.165, 1.54) is 17.0 Å². The molecule has 0 aromatic carbocycles. The van der Waals surface area contributed by atoms with Gasteiger partial charge in [0.2, 0.25) is 0 Å². The summed E-state index contributed by atoms with van der Waals surface area (Å²) in [5.41, 5.74) is 3.86. The van der Waals surface area contributed by atoms with Gasteiger partial charge in [0.1, 0.15) is 6.33 Å². The van der Waals surface area contributed by atoms with E-state index in [9.17, 15) is 0 Å². The van der Waals surface area contributed by atoms with Gasteiger partial charge in [0.05, 0.1) is 0 Å². The van der Waals surface area contributed by atoms with Crippen molar-refractivity contribution in [3.8, 4) is 0 Å². The molecule has 1 aliphatic heterocycles. The van der Waals surface area contributed by atoms with Crippen molar-refractivity contribution < 1.29 is 0 Å². The summed E-state index contributed by atoms with van der Waals surface area (Å²) in [6.45, 7) is 4.27. The summed E-state index contributed by atoms with van der Waals surface area (Å²) in [6.07, 6.45) is 4.85. The molecule has 70 valence electrons. The molecule has 3 nitrogen and oxygen atoms in total. The van der Waals surface area contributed by atoms with E-state index in [4.69, 9.17) is 0 Å². The molecule has 3 heteroatoms. The van der Waals surface area contributed by atoms with Crippen LogP contribution in [-0.4, -0.2) is 23.1 Å². The number of hydrogen-bond donors (Lipinski definition) is 1. The van der Waals surface area contributed by atoms with Crippen LogP contribution < -0.4 is 5.32 Å². The fraction of sp³-hybridized carbons (Fsp3) is 0.600. The van der Waals surface area contributed by atoms with Gasteiger partial charge >= 0.3 is 0 Å². The predicted octanol–water partition coefficient (Wildman–Crippen LogP) is 0.727. The molecule has 1 aromatic rings. The minimum atomic E-state index is 1.02. The first kappa shape index (κ1) is 8.63. The van der Waals surface area contributed by atoms with Crippen LogP contribution in [0.1, 0.15) is 23.9 Å². The molecule has 0 unspecified atom stereocenters. The molecule has 0 amide bonds. The number of aryl methyl sites for hydroxylation is 1. The molecule has 0 bridgehead atoms. The van der Waals surface area contributed by atoms with Gasteiger partial charge < -0.3 is 5.32 Å². The third kappa shape index (κ3) is 1.70. The van der Waals surface area contributed by atoms with Crippen LogP contribution in [0.25, 0.3) is 0 Å². The summed E-state index contributed by atoms with van der Waals surface area (Å²) >= 11 is 0. The molecule has 2 heterocycles. The molecule has 0 fully saturated rings. The summed E-state index contributed by atoms with van der Waals surface area (Å²) in [6, 6.07) is 0. The zero-order valence-electron chi connectivity index (χ0n) is 8.01. The second kappa shape index (κ2) is 3.83. The topological polar surface area (TPSA) is 37.8 Å². The van der Waals surface area contributed by atoms with Crippen LogP contribution in [0.5, 0.6) is 0 Å². The maximum atomic E-state index is 4.34. The van der Waals surface area contributed by atoms with Gasteiger partial charge in [-0.25, -0.2) is 9.97 Å². The van der Waals surface area contributed by atoms with E-state index in [0.717, 1.165) is 32.4 Å². The molecule has 1 aromatic heterocycles. The van der Waals surface area contributed by atoms with Crippen molar-refractivity contribution >= 4 is 0 Å². The lowest BCUT2D eigenvalue weighted by Crippen LogP contribution is -2.16. The number of aromatic nitrogens is 2. The highest BCUT2D eigenvalue weighted by Crippen LogP contribution is 2.13. The van der Waals surface area contributed by atoms with Gasteiger partial charge in [-0.05, 0) is 24.9 Å². The van der Waals surface area contributed by atoms with Crippen molar-refractivity contribution in [3.63, 3.8) is 0 Å². The van der Waals surface area contributed by atoms with E-state index < -0.39 is 0 Å². The molecule has 0 saturated heterocycles. The molecular weight excluding hydrogens is 162 g/mol. The van der Waals surface area contributed by atoms with Gasteiger partial charge in [-0.3, -0.25) is 0 Å². The zero-order valence-corrected chi connectivity index (χ0v) is 8.01. The Balaban J connectivity index is 2.40. The Morgan fingerprint density at radius 3 is 3.00 bits per heavy atom. The van der Waals surface area contributed by atoms with E-state index in [2.05, 4.69) is 22.2 Å². The van der Waals surface area contributed by atoms with Crippen molar-refractivity contribution in [3.05, 3.63) is 23.3 Å². The Morgan fingerprint density at radius 2 is 2.15 bits per heavy atom. The van der Waals surface area contributed by atoms with E-state index >= 15 is 0 Å². The Morgan fingerprint density at radius 1 is 1.31 bits per heavy atom. The normalized spacial score (nSPS) is 16.4. The highest BCUT2D eigenvalue weighted by molar-refractivity contribution is 5.26. The van der Waals surface area contributed by atoms with Crippen LogP contribution in [0.3, 0.4) is 0 Å². The smallest absolute Gasteiger partial charge is 0.115 e. The first-order valence-electron chi connectivity index (χ1n) is 4.94. The number of nitrogens with one attached hydrogen (secondary N) is 1. The minimum absolute atomic E-state index is 1.02. The van der Waals surface area contributed by atoms with Gasteiger partial charge in [-0.2, -0.15) is 0 Å². The van der Waals surface area contributed by atoms with Crippen LogP contribution in [0.4, 0.5) is 0 Å². The quantitative estimate of drug-likeness (QED) is 0.687. The fourth-order valence-corrected chi connectivity index (χ4v) is 1.84. The maximum absolute atomic E-state index is 4.34. The fourth-order valence-electron chi connectivity index (χ4n) is 1.84. The monoisotopic (exact) mass is 177 g/mol. The lowest BCUT2D eigenvalue weighted by molar-refractivity contribution is 0.707. The number of hydrogen-bond acceptors (Lipinski definition) is 3. The summed E-state index contributed by atoms with van der Waals surface area (Å²) in [4.78, 5) is 8.65. The van der Waals surface area contributed by atoms with E-state index in [1.54, 1.807) is 6.33 Å². The Hall–Kier alpha value is -0.960. The Bertz CT molecular complexity index is 296. The first-order chi connectivity index (χ1) is 6.42. The second-order valence-corrected chi connectivity index (χ2v) is 3.35. The molecule has 0 aliphatic carbocycles. The molecule has 0 atom stereocenters. The lowest BCUT2D eigenvalue weighted by Gasteiger charge is -2.07. The van der Waals surface area contributed by atoms with Crippen molar-refractivity contribution in [1.29, 1.82) is 0 Å². The first-order valence-corrected chi connectivity index (χ1v) is 4.94. The van der Waals surface area contributed by atoms with E-state index in [1.807, 2.05) is 0 Å². The van der Waals surface area contributed by atoms with Gasteiger partial charge in [0, 0.05) is 24.4 Å². The summed E-state index contributed by atoms with van der Waals surface area (Å²) in [7, 11) is 0. The third-order valence-corrected chi connectivity index (χ3v) is 2.55. The third-order valence-electron chi connectivity index (χ3n) is 2.55. The Kier molecular flexibility index (Phi) is 2.54. The average molecular weight is 177 g/mol. The van der Waals surface area contributed by atoms with Gasteiger partial charge in [-0.1, -0.05) is 6.92 Å². The summed E-state index contributed by atoms with van der Waals surface area (Å²) in [5.74, 6) is 0. The molecule has 1 N–H and O–H groups in total. The average Bonchev–Trinajstić information content (AvgIpc) is 2.41. The summed E-state index contributed by atoms with van der Waals surface area (Å²) < 4.78 is 0. The number of fused-ring (bicyclic) bond motifs is 1. The molecule has 2 rings (SSSR count). The highest BCUT2D eigenvalue weighted by Gasteiger charge is 2.12. The van der Waals surface area contributed by atoms with Crippen LogP contribution in [0.2, 0.25) is 0 Å². The van der Waals surface area contributed by atoms with E-state index in [0.29, 0.717) is 0 Å². The summed E-state index contributed by atoms with van der Waals surface area (Å²) in [5, 5.41) is 3.38. The van der Waals surface area contributed by atoms with Crippen molar-refractivity contribution in [1.82, 2.24) is 15.3 Å². The SMILES string of the molecule is CCc1ncnc2c1CCNCC2. The Labute approximate surface area is 78.6 Å². The minimum Gasteiger partial charge on any atom is -0.316 e. The lowest BCUT2D eigenvalue weighted by atomic mass is 10.1. The van der Waals surface area contributed by atoms with E-state index in [-0.39, 0.29) is 0 Å². The molecule has 1 aliphatic rings. The standard InChI is InChI=1S/C10H15N3/c1-2-9-8-3-5-11-6-4-10(8)13-7-12-9/h7,11H,2-6H2,1H3. The van der Waals surface area contributed by atoms with Crippen LogP contribution in [0.15, 0.2) is 6.33 Å². The van der Waals surface area contributed by atoms with Gasteiger partial charge in [0.25, 0.3) is 0 Å². The number of rotatable bonds is 1. The van der Waals surface area contributed by atoms with Gasteiger partial charge in [0.15, 0.2) is 0 Å². The molecule has 0 spiro atoms. The van der Waals surface area contributed by atoms with Crippen LogP contribution >= 0.6 is 0 Å². The molecule has 0 saturated carbocycles. The molecular formula is C10H15N3. The zero-order chi connectivity index (χ0) is 9.10. The predicted molar refractivity (Wildman–Crippen MR) is 51.7 cm³/mol. The molecule has 0 radical (unpaired) electrons. The molecule has 13 heavy (non-hydrogen) atoms. The second-order valence-electron chi connectivity index (χ2n) is 3.35. The van der Waals surface area contributed by atoms with Crippen LogP contribution in [0, 0.1) is 0 Å². The van der Waals surface area contributed by atoms with Crippen molar-refractivity contribution in [2.45, 2.75) is 26.2 Å². The largest absolute Gasteiger partial charge is 0.316 e. The highest BCUT2D eigenvalue weighted by atomic mass is 14.9. The van der Waals surface area contributed by atoms with Crippen molar-refractivity contribution in [2.24, 2.45) is 0 Å². The maximum Gasteiger partial charge on any atom is 0.115 e. The van der Waals surface area contributed by atoms with Crippen LogP contribution in [-0.2, 0) is 19.3 Å².